The predicted octanol–water partition coefficient (Wildman–Crippen LogP) is 4.13. The van der Waals surface area contributed by atoms with Crippen LogP contribution in [0.2, 0.25) is 0 Å². The van der Waals surface area contributed by atoms with E-state index in [-0.39, 0.29) is 43.4 Å². The Balaban J connectivity index is 1.52. The van der Waals surface area contributed by atoms with E-state index < -0.39 is 58.7 Å². The topological polar surface area (TPSA) is 117 Å². The smallest absolute Gasteiger partial charge is 0.463 e. The minimum Gasteiger partial charge on any atom is -0.463 e. The average molecular weight is 642 g/mol. The lowest BCUT2D eigenvalue weighted by Gasteiger charge is -2.51. The number of thioether (sulfide) groups is 1. The Morgan fingerprint density at radius 1 is 1.09 bits per heavy atom. The summed E-state index contributed by atoms with van der Waals surface area (Å²) in [5, 5.41) is 1.75. The summed E-state index contributed by atoms with van der Waals surface area (Å²) in [6.45, 7) is 4.63. The quantitative estimate of drug-likeness (QED) is 0.377. The van der Waals surface area contributed by atoms with Gasteiger partial charge in [-0.25, -0.2) is 18.4 Å². The van der Waals surface area contributed by atoms with Gasteiger partial charge in [0.1, 0.15) is 6.17 Å². The fraction of sp³-hybridized carbons (Fsp3) is 0.355. The van der Waals surface area contributed by atoms with E-state index in [4.69, 9.17) is 18.9 Å². The lowest BCUT2D eigenvalue weighted by Crippen LogP contribution is -2.66. The first-order valence-electron chi connectivity index (χ1n) is 14.2. The van der Waals surface area contributed by atoms with Crippen LogP contribution in [0, 0.1) is 11.6 Å². The molecule has 236 valence electrons. The van der Waals surface area contributed by atoms with Crippen molar-refractivity contribution in [1.82, 2.24) is 9.58 Å². The second-order valence-electron chi connectivity index (χ2n) is 11.0. The molecule has 2 aromatic carbocycles. The molecule has 0 radical (unpaired) electrons. The molecule has 1 amide bonds. The second-order valence-corrected chi connectivity index (χ2v) is 12.0. The Kier molecular flexibility index (Phi) is 8.04. The maximum absolute atomic E-state index is 15.4. The van der Waals surface area contributed by atoms with Crippen LogP contribution in [0.3, 0.4) is 0 Å². The van der Waals surface area contributed by atoms with Crippen LogP contribution in [0.4, 0.5) is 13.6 Å². The molecule has 14 heteroatoms. The number of hydrogen-bond donors (Lipinski definition) is 0. The maximum Gasteiger partial charge on any atom is 0.515 e. The van der Waals surface area contributed by atoms with E-state index >= 15 is 4.39 Å². The molecule has 0 aliphatic carbocycles. The van der Waals surface area contributed by atoms with Crippen molar-refractivity contribution in [1.29, 1.82) is 0 Å². The molecule has 3 aliphatic heterocycles. The van der Waals surface area contributed by atoms with E-state index in [1.165, 1.54) is 47.4 Å². The fourth-order valence-electron chi connectivity index (χ4n) is 5.73. The van der Waals surface area contributed by atoms with Crippen molar-refractivity contribution in [2.75, 3.05) is 31.4 Å². The van der Waals surface area contributed by atoms with Crippen LogP contribution in [-0.4, -0.2) is 65.7 Å². The largest absolute Gasteiger partial charge is 0.515 e. The van der Waals surface area contributed by atoms with Crippen molar-refractivity contribution in [3.63, 3.8) is 0 Å². The Labute approximate surface area is 260 Å². The highest BCUT2D eigenvalue weighted by Crippen LogP contribution is 2.45. The number of amides is 1. The second kappa shape index (κ2) is 11.8. The number of rotatable bonds is 5. The van der Waals surface area contributed by atoms with Gasteiger partial charge in [-0.2, -0.15) is 0 Å². The first kappa shape index (κ1) is 30.6. The summed E-state index contributed by atoms with van der Waals surface area (Å²) in [7, 11) is 0. The van der Waals surface area contributed by atoms with E-state index in [0.29, 0.717) is 5.56 Å². The third-order valence-electron chi connectivity index (χ3n) is 7.82. The SMILES string of the molecule is CCOC(=O)C(C)(C)OC(=O)Oc1c2n(ccc1=O)N([C@@H]1c3ccccc3SCc3c1ccc(F)c3F)C1COCCN1C2=O. The van der Waals surface area contributed by atoms with Crippen molar-refractivity contribution in [3.8, 4) is 5.75 Å². The summed E-state index contributed by atoms with van der Waals surface area (Å²) in [6, 6.07) is 10.3. The standard InChI is InChI=1S/C31H29F2N3O8S/c1-4-42-29(39)31(2,3)44-30(40)43-27-21(37)11-12-35-26(27)28(38)34-13-14-41-15-23(34)36(35)25-17-9-10-20(32)24(33)19(17)16-45-22-8-6-5-7-18(22)25/h5-12,23,25H,4,13-16H2,1-3H3/t23?,25-/m0/s1. The third kappa shape index (κ3) is 5.31. The molecule has 3 aliphatic rings. The molecule has 1 fully saturated rings. The fourth-order valence-corrected chi connectivity index (χ4v) is 6.84. The molecule has 45 heavy (non-hydrogen) atoms. The minimum absolute atomic E-state index is 0.0434. The molecule has 1 unspecified atom stereocenters. The number of esters is 1. The van der Waals surface area contributed by atoms with Crippen LogP contribution in [0.5, 0.6) is 5.75 Å². The Hall–Kier alpha value is -4.43. The molecule has 4 heterocycles. The molecule has 2 atom stereocenters. The molecule has 11 nitrogen and oxygen atoms in total. The summed E-state index contributed by atoms with van der Waals surface area (Å²) in [4.78, 5) is 54.8. The van der Waals surface area contributed by atoms with Gasteiger partial charge in [0.2, 0.25) is 16.8 Å². The van der Waals surface area contributed by atoms with Gasteiger partial charge in [0.15, 0.2) is 17.3 Å². The van der Waals surface area contributed by atoms with E-state index in [1.54, 1.807) is 11.9 Å². The number of pyridine rings is 1. The number of fused-ring (bicyclic) bond motifs is 4. The molecular formula is C31H29F2N3O8S. The van der Waals surface area contributed by atoms with Gasteiger partial charge >= 0.3 is 12.1 Å². The molecule has 0 spiro atoms. The monoisotopic (exact) mass is 641 g/mol. The van der Waals surface area contributed by atoms with Crippen LogP contribution >= 0.6 is 11.8 Å². The van der Waals surface area contributed by atoms with Crippen LogP contribution < -0.4 is 15.2 Å². The van der Waals surface area contributed by atoms with Gasteiger partial charge in [0, 0.05) is 35.0 Å². The molecule has 1 aromatic heterocycles. The van der Waals surface area contributed by atoms with Gasteiger partial charge in [-0.15, -0.1) is 11.8 Å². The number of aromatic nitrogens is 1. The molecular weight excluding hydrogens is 612 g/mol. The number of carbonyl (C=O) groups excluding carboxylic acids is 3. The van der Waals surface area contributed by atoms with Crippen molar-refractivity contribution in [2.45, 2.75) is 49.2 Å². The van der Waals surface area contributed by atoms with Crippen LogP contribution in [-0.2, 0) is 24.8 Å². The first-order valence-corrected chi connectivity index (χ1v) is 15.2. The highest BCUT2D eigenvalue weighted by atomic mass is 32.2. The Morgan fingerprint density at radius 2 is 1.87 bits per heavy atom. The molecule has 3 aromatic rings. The highest BCUT2D eigenvalue weighted by molar-refractivity contribution is 7.98. The van der Waals surface area contributed by atoms with Crippen LogP contribution in [0.1, 0.15) is 54.0 Å². The lowest BCUT2D eigenvalue weighted by atomic mass is 9.93. The van der Waals surface area contributed by atoms with Crippen LogP contribution in [0.25, 0.3) is 0 Å². The van der Waals surface area contributed by atoms with Crippen molar-refractivity contribution in [3.05, 3.63) is 92.9 Å². The van der Waals surface area contributed by atoms with Crippen molar-refractivity contribution < 1.29 is 42.1 Å². The molecule has 0 bridgehead atoms. The molecule has 6 rings (SSSR count). The number of benzene rings is 2. The van der Waals surface area contributed by atoms with Gasteiger partial charge in [-0.3, -0.25) is 19.3 Å². The van der Waals surface area contributed by atoms with E-state index in [0.717, 1.165) is 22.6 Å². The predicted molar refractivity (Wildman–Crippen MR) is 157 cm³/mol. The maximum atomic E-state index is 15.4. The highest BCUT2D eigenvalue weighted by Gasteiger charge is 2.47. The number of carbonyl (C=O) groups is 3. The van der Waals surface area contributed by atoms with E-state index in [9.17, 15) is 23.6 Å². The zero-order chi connectivity index (χ0) is 32.0. The normalized spacial score (nSPS) is 19.0. The number of halogens is 2. The zero-order valence-electron chi connectivity index (χ0n) is 24.6. The number of hydrogen-bond acceptors (Lipinski definition) is 10. The Morgan fingerprint density at radius 3 is 2.64 bits per heavy atom. The van der Waals surface area contributed by atoms with Gasteiger partial charge in [-0.1, -0.05) is 24.3 Å². The van der Waals surface area contributed by atoms with E-state index in [1.807, 2.05) is 24.3 Å². The summed E-state index contributed by atoms with van der Waals surface area (Å²) < 4.78 is 52.6. The van der Waals surface area contributed by atoms with Crippen LogP contribution in [0.15, 0.2) is 58.4 Å². The zero-order valence-corrected chi connectivity index (χ0v) is 25.4. The lowest BCUT2D eigenvalue weighted by molar-refractivity contribution is -0.162. The van der Waals surface area contributed by atoms with Gasteiger partial charge in [-0.05, 0) is 44.0 Å². The average Bonchev–Trinajstić information content (AvgIpc) is 3.18. The minimum atomic E-state index is -1.76. The number of morpholine rings is 1. The van der Waals surface area contributed by atoms with Crippen molar-refractivity contribution >= 4 is 29.8 Å². The third-order valence-corrected chi connectivity index (χ3v) is 8.94. The number of ether oxygens (including phenoxy) is 4. The van der Waals surface area contributed by atoms with E-state index in [2.05, 4.69) is 0 Å². The van der Waals surface area contributed by atoms with Gasteiger partial charge in [0.05, 0.1) is 25.9 Å². The summed E-state index contributed by atoms with van der Waals surface area (Å²) in [6.07, 6.45) is -0.782. The summed E-state index contributed by atoms with van der Waals surface area (Å²) >= 11 is 1.35. The summed E-state index contributed by atoms with van der Waals surface area (Å²) in [5.74, 6) is -3.88. The molecule has 0 N–H and O–H groups in total. The van der Waals surface area contributed by atoms with Gasteiger partial charge < -0.3 is 23.8 Å². The number of nitrogens with zero attached hydrogens (tertiary/aromatic N) is 3. The first-order chi connectivity index (χ1) is 21.5. The molecule has 1 saturated heterocycles. The Bertz CT molecular complexity index is 1760. The van der Waals surface area contributed by atoms with Crippen molar-refractivity contribution in [2.24, 2.45) is 0 Å². The summed E-state index contributed by atoms with van der Waals surface area (Å²) in [5.41, 5.74) is -1.48. The molecule has 0 saturated carbocycles. The van der Waals surface area contributed by atoms with Gasteiger partial charge in [0.25, 0.3) is 5.91 Å².